The van der Waals surface area contributed by atoms with Crippen LogP contribution < -0.4 is 0 Å². The number of H-pyrrole nitrogens is 1. The molecule has 0 atom stereocenters. The van der Waals surface area contributed by atoms with E-state index >= 15 is 0 Å². The molecule has 4 heteroatoms. The molecular formula is C10H17N3O. The van der Waals surface area contributed by atoms with Crippen LogP contribution in [0.4, 0.5) is 0 Å². The van der Waals surface area contributed by atoms with Crippen LogP contribution in [-0.2, 0) is 11.2 Å². The van der Waals surface area contributed by atoms with E-state index in [-0.39, 0.29) is 5.60 Å². The summed E-state index contributed by atoms with van der Waals surface area (Å²) in [5.41, 5.74) is -0.166. The molecule has 0 saturated heterocycles. The summed E-state index contributed by atoms with van der Waals surface area (Å²) >= 11 is 0. The van der Waals surface area contributed by atoms with Crippen LogP contribution in [0.1, 0.15) is 44.3 Å². The van der Waals surface area contributed by atoms with Crippen LogP contribution in [0, 0.1) is 0 Å². The van der Waals surface area contributed by atoms with Crippen molar-refractivity contribution in [3.05, 3.63) is 11.6 Å². The smallest absolute Gasteiger partial charge is 0.153 e. The molecule has 14 heavy (non-hydrogen) atoms. The van der Waals surface area contributed by atoms with Gasteiger partial charge in [-0.25, -0.2) is 4.98 Å². The molecule has 1 fully saturated rings. The molecule has 4 nitrogen and oxygen atoms in total. The third kappa shape index (κ3) is 2.12. The third-order valence-corrected chi connectivity index (χ3v) is 2.64. The van der Waals surface area contributed by atoms with E-state index in [4.69, 9.17) is 4.74 Å². The van der Waals surface area contributed by atoms with E-state index in [1.54, 1.807) is 7.11 Å². The summed E-state index contributed by atoms with van der Waals surface area (Å²) < 4.78 is 5.34. The fraction of sp³-hybridized carbons (Fsp3) is 0.800. The van der Waals surface area contributed by atoms with Crippen molar-refractivity contribution in [2.75, 3.05) is 7.11 Å². The number of aromatic nitrogens is 3. The van der Waals surface area contributed by atoms with E-state index in [1.165, 1.54) is 12.8 Å². The largest absolute Gasteiger partial charge is 0.378 e. The maximum Gasteiger partial charge on any atom is 0.153 e. The summed E-state index contributed by atoms with van der Waals surface area (Å²) in [6.45, 7) is 4.10. The molecule has 0 aromatic carbocycles. The molecule has 0 unspecified atom stereocenters. The van der Waals surface area contributed by atoms with E-state index in [0.717, 1.165) is 18.1 Å². The first-order valence-electron chi connectivity index (χ1n) is 5.07. The van der Waals surface area contributed by atoms with Gasteiger partial charge in [-0.3, -0.25) is 5.10 Å². The summed E-state index contributed by atoms with van der Waals surface area (Å²) in [6, 6.07) is 0. The molecule has 0 radical (unpaired) electrons. The number of methoxy groups -OCH3 is 1. The lowest BCUT2D eigenvalue weighted by Gasteiger charge is -2.20. The monoisotopic (exact) mass is 195 g/mol. The second-order valence-electron chi connectivity index (χ2n) is 4.56. The predicted molar refractivity (Wildman–Crippen MR) is 53.1 cm³/mol. The van der Waals surface area contributed by atoms with Crippen molar-refractivity contribution in [1.82, 2.24) is 15.2 Å². The summed E-state index contributed by atoms with van der Waals surface area (Å²) in [5.74, 6) is 2.52. The lowest BCUT2D eigenvalue weighted by molar-refractivity contribution is 0.0216. The van der Waals surface area contributed by atoms with Gasteiger partial charge in [-0.15, -0.1) is 0 Å². The molecule has 0 amide bonds. The highest BCUT2D eigenvalue weighted by Crippen LogP contribution is 2.37. The van der Waals surface area contributed by atoms with Crippen molar-refractivity contribution in [3.63, 3.8) is 0 Å². The van der Waals surface area contributed by atoms with Crippen LogP contribution in [-0.4, -0.2) is 27.9 Å². The minimum atomic E-state index is -0.166. The Labute approximate surface area is 84.1 Å². The molecule has 1 aromatic rings. The molecule has 0 bridgehead atoms. The van der Waals surface area contributed by atoms with Crippen molar-refractivity contribution in [2.45, 2.75) is 44.6 Å². The Kier molecular flexibility index (Phi) is 2.31. The van der Waals surface area contributed by atoms with E-state index in [1.807, 2.05) is 13.8 Å². The first kappa shape index (κ1) is 9.65. The normalized spacial score (nSPS) is 17.4. The van der Waals surface area contributed by atoms with Crippen molar-refractivity contribution in [2.24, 2.45) is 0 Å². The molecule has 1 aliphatic rings. The zero-order chi connectivity index (χ0) is 10.2. The zero-order valence-corrected chi connectivity index (χ0v) is 9.00. The van der Waals surface area contributed by atoms with Crippen LogP contribution in [0.3, 0.4) is 0 Å². The Hall–Kier alpha value is -0.900. The van der Waals surface area contributed by atoms with Crippen LogP contribution in [0.25, 0.3) is 0 Å². The van der Waals surface area contributed by atoms with Crippen LogP contribution in [0.5, 0.6) is 0 Å². The van der Waals surface area contributed by atoms with Crippen molar-refractivity contribution in [1.29, 1.82) is 0 Å². The molecule has 1 heterocycles. The molecule has 78 valence electrons. The quantitative estimate of drug-likeness (QED) is 0.794. The van der Waals surface area contributed by atoms with Gasteiger partial charge in [-0.1, -0.05) is 0 Å². The fourth-order valence-electron chi connectivity index (χ4n) is 1.39. The van der Waals surface area contributed by atoms with Crippen molar-refractivity contribution in [3.8, 4) is 0 Å². The zero-order valence-electron chi connectivity index (χ0n) is 9.00. The molecule has 1 saturated carbocycles. The Morgan fingerprint density at radius 1 is 1.50 bits per heavy atom. The summed E-state index contributed by atoms with van der Waals surface area (Å²) in [5, 5.41) is 7.18. The van der Waals surface area contributed by atoms with E-state index in [0.29, 0.717) is 5.92 Å². The third-order valence-electron chi connectivity index (χ3n) is 2.64. The number of nitrogens with zero attached hydrogens (tertiary/aromatic N) is 2. The number of hydrogen-bond acceptors (Lipinski definition) is 3. The molecule has 2 rings (SSSR count). The minimum Gasteiger partial charge on any atom is -0.378 e. The van der Waals surface area contributed by atoms with Gasteiger partial charge in [0.15, 0.2) is 5.82 Å². The average Bonchev–Trinajstić information content (AvgIpc) is 2.89. The SMILES string of the molecule is COC(C)(C)Cc1nc(C2CC2)n[nH]1. The van der Waals surface area contributed by atoms with Crippen LogP contribution in [0.2, 0.25) is 0 Å². The molecule has 1 aromatic heterocycles. The van der Waals surface area contributed by atoms with Crippen molar-refractivity contribution < 1.29 is 4.74 Å². The summed E-state index contributed by atoms with van der Waals surface area (Å²) in [6.07, 6.45) is 3.26. The number of nitrogens with one attached hydrogen (secondary N) is 1. The molecular weight excluding hydrogens is 178 g/mol. The maximum atomic E-state index is 5.34. The predicted octanol–water partition coefficient (Wildman–Crippen LogP) is 1.65. The first-order chi connectivity index (χ1) is 6.61. The maximum absolute atomic E-state index is 5.34. The summed E-state index contributed by atoms with van der Waals surface area (Å²) in [7, 11) is 1.72. The first-order valence-corrected chi connectivity index (χ1v) is 5.07. The average molecular weight is 195 g/mol. The van der Waals surface area contributed by atoms with Gasteiger partial charge < -0.3 is 4.74 Å². The highest BCUT2D eigenvalue weighted by Gasteiger charge is 2.28. The number of aromatic amines is 1. The standard InChI is InChI=1S/C10H17N3O/c1-10(2,14-3)6-8-11-9(13-12-8)7-4-5-7/h7H,4-6H2,1-3H3,(H,11,12,13). The van der Waals surface area contributed by atoms with Gasteiger partial charge in [-0.05, 0) is 26.7 Å². The van der Waals surface area contributed by atoms with Gasteiger partial charge >= 0.3 is 0 Å². The molecule has 1 N–H and O–H groups in total. The lowest BCUT2D eigenvalue weighted by Crippen LogP contribution is -2.26. The molecule has 0 aliphatic heterocycles. The fourth-order valence-corrected chi connectivity index (χ4v) is 1.39. The Balaban J connectivity index is 2.02. The van der Waals surface area contributed by atoms with Gasteiger partial charge in [0, 0.05) is 19.4 Å². The Morgan fingerprint density at radius 2 is 2.21 bits per heavy atom. The highest BCUT2D eigenvalue weighted by atomic mass is 16.5. The van der Waals surface area contributed by atoms with Crippen LogP contribution >= 0.6 is 0 Å². The minimum absolute atomic E-state index is 0.166. The van der Waals surface area contributed by atoms with E-state index in [2.05, 4.69) is 15.2 Å². The topological polar surface area (TPSA) is 50.8 Å². The Bertz CT molecular complexity index is 315. The van der Waals surface area contributed by atoms with Gasteiger partial charge in [0.1, 0.15) is 5.82 Å². The molecule has 1 aliphatic carbocycles. The van der Waals surface area contributed by atoms with E-state index in [9.17, 15) is 0 Å². The number of rotatable bonds is 4. The lowest BCUT2D eigenvalue weighted by atomic mass is 10.1. The van der Waals surface area contributed by atoms with Gasteiger partial charge in [0.25, 0.3) is 0 Å². The molecule has 0 spiro atoms. The van der Waals surface area contributed by atoms with Gasteiger partial charge in [-0.2, -0.15) is 5.10 Å². The number of ether oxygens (including phenoxy) is 1. The van der Waals surface area contributed by atoms with Crippen molar-refractivity contribution >= 4 is 0 Å². The van der Waals surface area contributed by atoms with Gasteiger partial charge in [0.05, 0.1) is 5.60 Å². The highest BCUT2D eigenvalue weighted by molar-refractivity contribution is 5.05. The van der Waals surface area contributed by atoms with Gasteiger partial charge in [0.2, 0.25) is 0 Å². The number of hydrogen-bond donors (Lipinski definition) is 1. The Morgan fingerprint density at radius 3 is 2.79 bits per heavy atom. The van der Waals surface area contributed by atoms with E-state index < -0.39 is 0 Å². The second-order valence-corrected chi connectivity index (χ2v) is 4.56. The summed E-state index contributed by atoms with van der Waals surface area (Å²) in [4.78, 5) is 4.46. The second kappa shape index (κ2) is 3.35. The van der Waals surface area contributed by atoms with Crippen LogP contribution in [0.15, 0.2) is 0 Å².